The highest BCUT2D eigenvalue weighted by molar-refractivity contribution is 6.30. The first-order chi connectivity index (χ1) is 7.68. The van der Waals surface area contributed by atoms with Crippen molar-refractivity contribution in [1.29, 1.82) is 0 Å². The van der Waals surface area contributed by atoms with Crippen LogP contribution < -0.4 is 0 Å². The lowest BCUT2D eigenvalue weighted by Crippen LogP contribution is -1.99. The molecule has 2 aromatic rings. The number of halogens is 1. The minimum Gasteiger partial charge on any atom is -0.478 e. The maximum absolute atomic E-state index is 11.0. The van der Waals surface area contributed by atoms with E-state index in [2.05, 4.69) is 4.98 Å². The van der Waals surface area contributed by atoms with Crippen LogP contribution in [0.3, 0.4) is 0 Å². The number of hydrogen-bond acceptors (Lipinski definition) is 2. The molecule has 0 aliphatic rings. The molecule has 0 bridgehead atoms. The van der Waals surface area contributed by atoms with Crippen LogP contribution in [0, 0.1) is 0 Å². The smallest absolute Gasteiger partial charge is 0.336 e. The number of carboxylic acid groups (broad SMARTS) is 1. The first-order valence-electron chi connectivity index (χ1n) is 4.62. The Morgan fingerprint density at radius 3 is 2.81 bits per heavy atom. The van der Waals surface area contributed by atoms with E-state index in [1.807, 2.05) is 0 Å². The van der Waals surface area contributed by atoms with Crippen molar-refractivity contribution < 1.29 is 9.90 Å². The normalized spacial score (nSPS) is 10.1. The molecule has 0 unspecified atom stereocenters. The van der Waals surface area contributed by atoms with E-state index in [0.29, 0.717) is 10.6 Å². The summed E-state index contributed by atoms with van der Waals surface area (Å²) in [5, 5.41) is 9.60. The third kappa shape index (κ3) is 2.04. The largest absolute Gasteiger partial charge is 0.478 e. The van der Waals surface area contributed by atoms with Gasteiger partial charge >= 0.3 is 5.97 Å². The predicted octanol–water partition coefficient (Wildman–Crippen LogP) is 3.10. The molecule has 2 rings (SSSR count). The van der Waals surface area contributed by atoms with Gasteiger partial charge < -0.3 is 5.11 Å². The number of benzene rings is 1. The van der Waals surface area contributed by atoms with Gasteiger partial charge in [-0.05, 0) is 23.8 Å². The second-order valence-electron chi connectivity index (χ2n) is 3.24. The van der Waals surface area contributed by atoms with Crippen LogP contribution in [-0.4, -0.2) is 16.1 Å². The lowest BCUT2D eigenvalue weighted by molar-refractivity contribution is 0.0697. The van der Waals surface area contributed by atoms with Crippen LogP contribution in [0.25, 0.3) is 11.1 Å². The predicted molar refractivity (Wildman–Crippen MR) is 61.6 cm³/mol. The highest BCUT2D eigenvalue weighted by atomic mass is 35.5. The van der Waals surface area contributed by atoms with Gasteiger partial charge in [-0.15, -0.1) is 0 Å². The summed E-state index contributed by atoms with van der Waals surface area (Å²) >= 11 is 5.86. The quantitative estimate of drug-likeness (QED) is 0.867. The summed E-state index contributed by atoms with van der Waals surface area (Å²) in [4.78, 5) is 14.9. The van der Waals surface area contributed by atoms with E-state index in [4.69, 9.17) is 16.7 Å². The van der Waals surface area contributed by atoms with Crippen LogP contribution >= 0.6 is 11.6 Å². The topological polar surface area (TPSA) is 50.2 Å². The van der Waals surface area contributed by atoms with Crippen molar-refractivity contribution in [3.05, 3.63) is 53.3 Å². The van der Waals surface area contributed by atoms with Crippen LogP contribution in [-0.2, 0) is 0 Å². The third-order valence-corrected chi connectivity index (χ3v) is 2.42. The van der Waals surface area contributed by atoms with Crippen molar-refractivity contribution in [2.75, 3.05) is 0 Å². The molecule has 0 spiro atoms. The highest BCUT2D eigenvalue weighted by Crippen LogP contribution is 2.25. The molecule has 80 valence electrons. The van der Waals surface area contributed by atoms with Crippen LogP contribution in [0.4, 0.5) is 0 Å². The van der Waals surface area contributed by atoms with Gasteiger partial charge in [-0.1, -0.05) is 23.7 Å². The van der Waals surface area contributed by atoms with Gasteiger partial charge in [-0.2, -0.15) is 0 Å². The molecule has 4 heteroatoms. The van der Waals surface area contributed by atoms with Crippen LogP contribution in [0.2, 0.25) is 5.02 Å². The van der Waals surface area contributed by atoms with Crippen molar-refractivity contribution in [1.82, 2.24) is 4.98 Å². The minimum atomic E-state index is -0.975. The molecule has 0 amide bonds. The van der Waals surface area contributed by atoms with Gasteiger partial charge in [0.2, 0.25) is 0 Å². The second-order valence-corrected chi connectivity index (χ2v) is 3.67. The number of carbonyl (C=O) groups is 1. The van der Waals surface area contributed by atoms with Gasteiger partial charge in [0.15, 0.2) is 0 Å². The number of aromatic nitrogens is 1. The first-order valence-corrected chi connectivity index (χ1v) is 4.99. The fraction of sp³-hybridized carbons (Fsp3) is 0. The molecule has 1 aromatic carbocycles. The number of hydrogen-bond donors (Lipinski definition) is 1. The second kappa shape index (κ2) is 4.33. The average molecular weight is 234 g/mol. The molecule has 0 radical (unpaired) electrons. The Morgan fingerprint density at radius 2 is 2.12 bits per heavy atom. The van der Waals surface area contributed by atoms with Crippen molar-refractivity contribution >= 4 is 17.6 Å². The van der Waals surface area contributed by atoms with Crippen LogP contribution in [0.1, 0.15) is 10.4 Å². The van der Waals surface area contributed by atoms with Crippen molar-refractivity contribution in [3.63, 3.8) is 0 Å². The van der Waals surface area contributed by atoms with Crippen LogP contribution in [0.15, 0.2) is 42.7 Å². The Hall–Kier alpha value is -1.87. The molecule has 0 saturated carbocycles. The lowest BCUT2D eigenvalue weighted by atomic mass is 10.0. The first kappa shape index (κ1) is 10.6. The Bertz CT molecular complexity index is 540. The molecule has 16 heavy (non-hydrogen) atoms. The Labute approximate surface area is 97.3 Å². The lowest BCUT2D eigenvalue weighted by Gasteiger charge is -2.05. The summed E-state index contributed by atoms with van der Waals surface area (Å²) in [5.41, 5.74) is 1.53. The zero-order valence-electron chi connectivity index (χ0n) is 8.22. The molecule has 0 aliphatic carbocycles. The summed E-state index contributed by atoms with van der Waals surface area (Å²) in [5.74, 6) is -0.975. The van der Waals surface area contributed by atoms with Crippen molar-refractivity contribution in [3.8, 4) is 11.1 Å². The molecule has 0 aliphatic heterocycles. The van der Waals surface area contributed by atoms with Gasteiger partial charge in [0.1, 0.15) is 0 Å². The fourth-order valence-electron chi connectivity index (χ4n) is 1.47. The maximum atomic E-state index is 11.0. The Balaban J connectivity index is 2.60. The Morgan fingerprint density at radius 1 is 1.31 bits per heavy atom. The summed E-state index contributed by atoms with van der Waals surface area (Å²) in [6, 6.07) is 8.50. The zero-order valence-corrected chi connectivity index (χ0v) is 8.98. The van der Waals surface area contributed by atoms with E-state index >= 15 is 0 Å². The van der Waals surface area contributed by atoms with E-state index in [-0.39, 0.29) is 5.56 Å². The van der Waals surface area contributed by atoms with E-state index in [1.165, 1.54) is 18.5 Å². The number of carboxylic acids is 1. The van der Waals surface area contributed by atoms with Crippen LogP contribution in [0.5, 0.6) is 0 Å². The van der Waals surface area contributed by atoms with Crippen molar-refractivity contribution in [2.45, 2.75) is 0 Å². The number of pyridine rings is 1. The molecule has 1 N–H and O–H groups in total. The molecule has 3 nitrogen and oxygen atoms in total. The number of rotatable bonds is 2. The molecule has 0 fully saturated rings. The average Bonchev–Trinajstić information content (AvgIpc) is 2.29. The SMILES string of the molecule is O=C(O)c1ccncc1-c1cccc(Cl)c1. The van der Waals surface area contributed by atoms with E-state index < -0.39 is 5.97 Å². The van der Waals surface area contributed by atoms with E-state index in [1.54, 1.807) is 24.3 Å². The fourth-order valence-corrected chi connectivity index (χ4v) is 1.66. The molecular formula is C12H8ClNO2. The Kier molecular flexibility index (Phi) is 2.88. The molecule has 1 heterocycles. The number of aromatic carboxylic acids is 1. The summed E-state index contributed by atoms with van der Waals surface area (Å²) in [7, 11) is 0. The van der Waals surface area contributed by atoms with Gasteiger partial charge in [-0.3, -0.25) is 4.98 Å². The highest BCUT2D eigenvalue weighted by Gasteiger charge is 2.11. The summed E-state index contributed by atoms with van der Waals surface area (Å²) in [6.07, 6.45) is 2.98. The van der Waals surface area contributed by atoms with Gasteiger partial charge in [0.05, 0.1) is 5.56 Å². The summed E-state index contributed by atoms with van der Waals surface area (Å²) in [6.45, 7) is 0. The zero-order chi connectivity index (χ0) is 11.5. The standard InChI is InChI=1S/C12H8ClNO2/c13-9-3-1-2-8(6-9)11-7-14-5-4-10(11)12(15)16/h1-7H,(H,15,16). The van der Waals surface area contributed by atoms with Crippen molar-refractivity contribution in [2.24, 2.45) is 0 Å². The minimum absolute atomic E-state index is 0.220. The molecule has 1 aromatic heterocycles. The monoisotopic (exact) mass is 233 g/mol. The van der Waals surface area contributed by atoms with Gasteiger partial charge in [0, 0.05) is 23.0 Å². The van der Waals surface area contributed by atoms with Gasteiger partial charge in [-0.25, -0.2) is 4.79 Å². The van der Waals surface area contributed by atoms with Gasteiger partial charge in [0.25, 0.3) is 0 Å². The molecular weight excluding hydrogens is 226 g/mol. The third-order valence-electron chi connectivity index (χ3n) is 2.19. The maximum Gasteiger partial charge on any atom is 0.336 e. The molecule has 0 atom stereocenters. The molecule has 0 saturated heterocycles. The van der Waals surface area contributed by atoms with E-state index in [0.717, 1.165) is 5.56 Å². The van der Waals surface area contributed by atoms with E-state index in [9.17, 15) is 4.79 Å². The number of nitrogens with zero attached hydrogens (tertiary/aromatic N) is 1. The summed E-state index contributed by atoms with van der Waals surface area (Å²) < 4.78 is 0.